The van der Waals surface area contributed by atoms with E-state index < -0.39 is 41.3 Å². The van der Waals surface area contributed by atoms with Crippen LogP contribution in [0.25, 0.3) is 10.8 Å². The van der Waals surface area contributed by atoms with Crippen LogP contribution in [0.15, 0.2) is 97.3 Å². The molecule has 8 N–H and O–H groups in total. The predicted molar refractivity (Wildman–Crippen MR) is 321 cm³/mol. The molecule has 0 unspecified atom stereocenters. The number of fused-ring (bicyclic) bond motifs is 5. The van der Waals surface area contributed by atoms with Crippen LogP contribution in [0.4, 0.5) is 0 Å². The normalized spacial score (nSPS) is 27.8. The van der Waals surface area contributed by atoms with Crippen molar-refractivity contribution >= 4 is 59.7 Å². The molecule has 2 bridgehead atoms. The SMILES string of the molecule is CCOC[C@H]1CC[C@@H]2CSSC[C@H]([C@@]3(c4cc(O)cc(CNC)c4)C(=O)[C@@H]4[C@H](CSS[C@@H](CO)c5cccc6ccc(CC)c(c56)Cc5c(ccc(O)c5OC)C[C@@H](Cc5cc[nH]c5)[C@@H]4O)C[C@H]3O)c3ccc(O)c(c3)O[C@H]2C1. The van der Waals surface area contributed by atoms with Crippen LogP contribution in [0.3, 0.4) is 0 Å². The number of benzene rings is 5. The van der Waals surface area contributed by atoms with Gasteiger partial charge in [-0.15, -0.1) is 0 Å². The molecule has 2 aliphatic carbocycles. The van der Waals surface area contributed by atoms with Crippen LogP contribution < -0.4 is 14.8 Å². The molecule has 2 fully saturated rings. The standard InChI is InChI=1S/C63H76N2O10S4/c1-5-39-12-13-40-8-7-9-48-56(31-66)79-78-34-45-26-57(70)63(46-21-38(29-64-3)22-47(67)27-46,51-35-77-76-33-43-11-10-37(32-74-6-2)23-54(43)75-55-25-42(51)15-16-52(55)68)62(72)59(45)60(71)44(20-36-18-19-65-30-36)24-41-14-17-53(69)61(73-4)50(41)28-49(39)58(40)48/h7-9,12-19,21-22,25,27,30,37,43-45,51,54,56-57,59-60,64-71H,5-6,10-11,20,23-24,26,28-29,31-35H2,1-4H3/t37-,43+,44+,45-,51-,54-,56-,57+,59+,60-,63+/m0/s1. The molecule has 4 aliphatic rings. The Morgan fingerprint density at radius 2 is 1.68 bits per heavy atom. The van der Waals surface area contributed by atoms with Crippen molar-refractivity contribution in [2.24, 2.45) is 29.6 Å². The van der Waals surface area contributed by atoms with Crippen molar-refractivity contribution in [3.63, 3.8) is 0 Å². The maximum Gasteiger partial charge on any atom is 0.164 e. The van der Waals surface area contributed by atoms with E-state index in [1.807, 2.05) is 62.8 Å². The number of aromatic hydroxyl groups is 3. The molecule has 2 saturated carbocycles. The number of Topliss-reactive ketones (excluding diaryl/α,β-unsaturated/α-hetero) is 1. The number of methoxy groups -OCH3 is 1. The minimum Gasteiger partial charge on any atom is -0.508 e. The number of rotatable bonds is 12. The summed E-state index contributed by atoms with van der Waals surface area (Å²) in [6, 6.07) is 26.6. The maximum atomic E-state index is 17.3. The van der Waals surface area contributed by atoms with Gasteiger partial charge in [-0.3, -0.25) is 4.79 Å². The van der Waals surface area contributed by atoms with E-state index in [1.54, 1.807) is 74.6 Å². The van der Waals surface area contributed by atoms with Crippen molar-refractivity contribution in [2.45, 2.75) is 107 Å². The summed E-state index contributed by atoms with van der Waals surface area (Å²) in [5.74, 6) is -0.568. The second kappa shape index (κ2) is 25.8. The zero-order valence-electron chi connectivity index (χ0n) is 45.6. The predicted octanol–water partition coefficient (Wildman–Crippen LogP) is 11.2. The first-order valence-electron chi connectivity index (χ1n) is 28.0. The molecule has 12 nitrogen and oxygen atoms in total. The molecule has 3 heterocycles. The second-order valence-corrected chi connectivity index (χ2v) is 27.3. The number of ketones is 1. The van der Waals surface area contributed by atoms with Gasteiger partial charge in [-0.1, -0.05) is 98.6 Å². The van der Waals surface area contributed by atoms with Gasteiger partial charge < -0.3 is 55.2 Å². The van der Waals surface area contributed by atoms with Crippen molar-refractivity contribution in [1.29, 1.82) is 0 Å². The molecule has 79 heavy (non-hydrogen) atoms. The van der Waals surface area contributed by atoms with Gasteiger partial charge >= 0.3 is 0 Å². The van der Waals surface area contributed by atoms with Crippen molar-refractivity contribution in [3.8, 4) is 28.7 Å². The fourth-order valence-electron chi connectivity index (χ4n) is 13.7. The van der Waals surface area contributed by atoms with E-state index in [4.69, 9.17) is 14.2 Å². The number of ether oxygens (including phenoxy) is 3. The van der Waals surface area contributed by atoms with Gasteiger partial charge in [0.2, 0.25) is 0 Å². The van der Waals surface area contributed by atoms with Crippen molar-refractivity contribution < 1.29 is 49.6 Å². The fraction of sp³-hybridized carbons (Fsp3) is 0.476. The van der Waals surface area contributed by atoms with E-state index in [2.05, 4.69) is 41.5 Å². The number of H-pyrrole nitrogens is 1. The number of hydrogen-bond acceptors (Lipinski definition) is 15. The molecule has 11 atom stereocenters. The Labute approximate surface area is 480 Å². The Kier molecular flexibility index (Phi) is 18.8. The molecule has 1 aromatic heterocycles. The number of phenols is 3. The number of aliphatic hydroxyl groups excluding tert-OH is 3. The van der Waals surface area contributed by atoms with Crippen LogP contribution in [0.1, 0.15) is 101 Å². The van der Waals surface area contributed by atoms with Gasteiger partial charge in [0, 0.05) is 79.1 Å². The number of aromatic amines is 1. The molecule has 0 radical (unpaired) electrons. The molecule has 16 heteroatoms. The number of nitrogens with one attached hydrogen (secondary N) is 2. The van der Waals surface area contributed by atoms with Crippen LogP contribution in [-0.2, 0) is 47.2 Å². The number of phenolic OH excluding ortho intramolecular Hbond substituents is 3. The zero-order valence-corrected chi connectivity index (χ0v) is 48.8. The molecule has 0 saturated heterocycles. The summed E-state index contributed by atoms with van der Waals surface area (Å²) in [5, 5.41) is 78.6. The third-order valence-corrected chi connectivity index (χ3v) is 22.9. The fourth-order valence-corrected chi connectivity index (χ4v) is 19.4. The Bertz CT molecular complexity index is 3070. The number of aromatic nitrogens is 1. The summed E-state index contributed by atoms with van der Waals surface area (Å²) < 4.78 is 18.9. The van der Waals surface area contributed by atoms with Gasteiger partial charge in [0.1, 0.15) is 11.9 Å². The summed E-state index contributed by atoms with van der Waals surface area (Å²) in [5.41, 5.74) is 5.91. The van der Waals surface area contributed by atoms with E-state index in [0.29, 0.717) is 79.1 Å². The number of carbonyl (C=O) groups is 1. The van der Waals surface area contributed by atoms with Gasteiger partial charge in [0.05, 0.1) is 36.6 Å². The van der Waals surface area contributed by atoms with Crippen LogP contribution in [0.5, 0.6) is 28.7 Å². The Balaban J connectivity index is 1.16. The zero-order chi connectivity index (χ0) is 55.4. The molecule has 2 aliphatic heterocycles. The summed E-state index contributed by atoms with van der Waals surface area (Å²) in [6.45, 7) is 5.65. The Morgan fingerprint density at radius 1 is 0.861 bits per heavy atom. The van der Waals surface area contributed by atoms with E-state index in [9.17, 15) is 30.6 Å². The van der Waals surface area contributed by atoms with Crippen LogP contribution in [-0.4, -0.2) is 111 Å². The number of aryl methyl sites for hydroxylation is 1. The second-order valence-electron chi connectivity index (χ2n) is 22.2. The van der Waals surface area contributed by atoms with E-state index in [1.165, 1.54) is 0 Å². The van der Waals surface area contributed by atoms with Crippen LogP contribution in [0, 0.1) is 29.6 Å². The van der Waals surface area contributed by atoms with Crippen molar-refractivity contribution in [2.75, 3.05) is 51.2 Å². The highest BCUT2D eigenvalue weighted by Gasteiger charge is 2.61. The van der Waals surface area contributed by atoms with E-state index in [0.717, 1.165) is 81.2 Å². The summed E-state index contributed by atoms with van der Waals surface area (Å²) in [7, 11) is 9.88. The quantitative estimate of drug-likeness (QED) is 0.0539. The average molecular weight is 1150 g/mol. The minimum absolute atomic E-state index is 0.00425. The lowest BCUT2D eigenvalue weighted by molar-refractivity contribution is -0.150. The smallest absolute Gasteiger partial charge is 0.164 e. The highest BCUT2D eigenvalue weighted by atomic mass is 33.1. The lowest BCUT2D eigenvalue weighted by Crippen LogP contribution is -2.62. The molecule has 0 amide bonds. The van der Waals surface area contributed by atoms with Gasteiger partial charge in [-0.25, -0.2) is 0 Å². The number of aliphatic hydroxyl groups is 3. The summed E-state index contributed by atoms with van der Waals surface area (Å²) in [4.78, 5) is 20.5. The molecular weight excluding hydrogens is 1070 g/mol. The third kappa shape index (κ3) is 11.8. The first-order valence-corrected chi connectivity index (χ1v) is 32.9. The highest BCUT2D eigenvalue weighted by molar-refractivity contribution is 8.77. The van der Waals surface area contributed by atoms with Gasteiger partial charge in [0.25, 0.3) is 0 Å². The third-order valence-electron chi connectivity index (χ3n) is 17.5. The van der Waals surface area contributed by atoms with Crippen molar-refractivity contribution in [3.05, 3.63) is 147 Å². The molecule has 10 rings (SSSR count). The first kappa shape index (κ1) is 57.7. The molecule has 0 spiro atoms. The van der Waals surface area contributed by atoms with Crippen LogP contribution >= 0.6 is 43.2 Å². The van der Waals surface area contributed by atoms with Gasteiger partial charge in [-0.2, -0.15) is 0 Å². The highest BCUT2D eigenvalue weighted by Crippen LogP contribution is 2.57. The lowest BCUT2D eigenvalue weighted by atomic mass is 9.52. The van der Waals surface area contributed by atoms with Gasteiger partial charge in [-0.05, 0) is 168 Å². The molecule has 422 valence electrons. The topological polar surface area (TPSA) is 194 Å². The largest absolute Gasteiger partial charge is 0.508 e. The van der Waals surface area contributed by atoms with Crippen molar-refractivity contribution in [1.82, 2.24) is 10.3 Å². The van der Waals surface area contributed by atoms with Gasteiger partial charge in [0.15, 0.2) is 28.8 Å². The number of carbonyl (C=O) groups excluding carboxylic acids is 1. The van der Waals surface area contributed by atoms with E-state index in [-0.39, 0.29) is 53.3 Å². The average Bonchev–Trinajstić information content (AvgIpc) is 4.04. The minimum atomic E-state index is -1.73. The van der Waals surface area contributed by atoms with E-state index >= 15 is 4.79 Å². The lowest BCUT2D eigenvalue weighted by Gasteiger charge is -2.52. The monoisotopic (exact) mass is 1150 g/mol. The number of hydrogen-bond donors (Lipinski definition) is 8. The summed E-state index contributed by atoms with van der Waals surface area (Å²) in [6.07, 6.45) is 5.76. The summed E-state index contributed by atoms with van der Waals surface area (Å²) >= 11 is 0. The molecular formula is C63H76N2O10S4. The Hall–Kier alpha value is -4.49. The maximum absolute atomic E-state index is 17.3. The Morgan fingerprint density at radius 3 is 2.46 bits per heavy atom. The molecule has 5 aromatic carbocycles. The molecule has 6 aromatic rings. The van der Waals surface area contributed by atoms with Crippen LogP contribution in [0.2, 0.25) is 0 Å². The first-order chi connectivity index (χ1) is 38.4.